The minimum atomic E-state index is -0.560. The number of nitrogen functional groups attached to an aromatic ring is 2. The number of carbonyl (C=O) groups excluding carboxylic acids is 2. The van der Waals surface area contributed by atoms with Crippen LogP contribution in [-0.4, -0.2) is 21.8 Å². The lowest BCUT2D eigenvalue weighted by Crippen LogP contribution is -2.25. The second kappa shape index (κ2) is 9.08. The van der Waals surface area contributed by atoms with Crippen molar-refractivity contribution < 1.29 is 19.8 Å². The number of aromatic hydroxyl groups is 2. The number of phenols is 2. The highest BCUT2D eigenvalue weighted by Gasteiger charge is 2.40. The number of aryl methyl sites for hydroxylation is 1. The van der Waals surface area contributed by atoms with Crippen molar-refractivity contribution in [2.45, 2.75) is 77.6 Å². The van der Waals surface area contributed by atoms with E-state index in [2.05, 4.69) is 13.8 Å². The van der Waals surface area contributed by atoms with Crippen LogP contribution in [0.2, 0.25) is 0 Å². The summed E-state index contributed by atoms with van der Waals surface area (Å²) < 4.78 is 0. The maximum Gasteiger partial charge on any atom is 0.200 e. The first-order chi connectivity index (χ1) is 15.8. The first-order valence-electron chi connectivity index (χ1n) is 12.2. The molecule has 1 saturated carbocycles. The molecule has 0 unspecified atom stereocenters. The van der Waals surface area contributed by atoms with Gasteiger partial charge in [-0.1, -0.05) is 33.1 Å². The Balaban J connectivity index is 1.79. The van der Waals surface area contributed by atoms with Crippen LogP contribution in [0.1, 0.15) is 114 Å². The SMILES string of the molecule is CCCCCc1cc(N)c2c(c1O)C(=O)c1c(N)cc([C@H]3CC[C@H](CC)CC3)c(O)c1C2=O. The molecule has 2 aromatic rings. The van der Waals surface area contributed by atoms with Gasteiger partial charge in [0.15, 0.2) is 0 Å². The molecule has 0 aromatic heterocycles. The summed E-state index contributed by atoms with van der Waals surface area (Å²) in [6, 6.07) is 3.23. The zero-order chi connectivity index (χ0) is 23.9. The molecule has 6 nitrogen and oxygen atoms in total. The lowest BCUT2D eigenvalue weighted by atomic mass is 9.74. The number of hydrogen-bond donors (Lipinski definition) is 4. The quantitative estimate of drug-likeness (QED) is 0.225. The smallest absolute Gasteiger partial charge is 0.200 e. The van der Waals surface area contributed by atoms with Gasteiger partial charge in [-0.2, -0.15) is 0 Å². The van der Waals surface area contributed by atoms with E-state index in [0.717, 1.165) is 51.4 Å². The van der Waals surface area contributed by atoms with Gasteiger partial charge < -0.3 is 21.7 Å². The number of carbonyl (C=O) groups is 2. The number of nitrogens with two attached hydrogens (primary N) is 2. The predicted octanol–water partition coefficient (Wildman–Crippen LogP) is 5.45. The fourth-order valence-electron chi connectivity index (χ4n) is 5.60. The third-order valence-corrected chi connectivity index (χ3v) is 7.59. The molecule has 1 fully saturated rings. The Morgan fingerprint density at radius 3 is 1.97 bits per heavy atom. The highest BCUT2D eigenvalue weighted by atomic mass is 16.3. The molecule has 0 aliphatic heterocycles. The average Bonchev–Trinajstić information content (AvgIpc) is 2.80. The van der Waals surface area contributed by atoms with Gasteiger partial charge in [-0.15, -0.1) is 0 Å². The van der Waals surface area contributed by atoms with Crippen LogP contribution in [0, 0.1) is 5.92 Å². The maximum absolute atomic E-state index is 13.5. The van der Waals surface area contributed by atoms with Crippen LogP contribution in [0.15, 0.2) is 12.1 Å². The van der Waals surface area contributed by atoms with Crippen molar-refractivity contribution in [1.82, 2.24) is 0 Å². The van der Waals surface area contributed by atoms with Crippen molar-refractivity contribution in [3.8, 4) is 11.5 Å². The van der Waals surface area contributed by atoms with Gasteiger partial charge in [0.05, 0.1) is 22.3 Å². The molecule has 0 atom stereocenters. The van der Waals surface area contributed by atoms with Crippen molar-refractivity contribution >= 4 is 22.9 Å². The van der Waals surface area contributed by atoms with Gasteiger partial charge in [0.25, 0.3) is 0 Å². The first-order valence-corrected chi connectivity index (χ1v) is 12.2. The van der Waals surface area contributed by atoms with Crippen LogP contribution >= 0.6 is 0 Å². The largest absolute Gasteiger partial charge is 0.507 e. The van der Waals surface area contributed by atoms with Crippen molar-refractivity contribution in [2.75, 3.05) is 11.5 Å². The minimum Gasteiger partial charge on any atom is -0.507 e. The summed E-state index contributed by atoms with van der Waals surface area (Å²) in [6.45, 7) is 4.27. The molecule has 0 spiro atoms. The zero-order valence-electron chi connectivity index (χ0n) is 19.5. The van der Waals surface area contributed by atoms with E-state index in [1.54, 1.807) is 12.1 Å². The van der Waals surface area contributed by atoms with Crippen molar-refractivity contribution in [2.24, 2.45) is 5.92 Å². The Labute approximate surface area is 195 Å². The number of unbranched alkanes of at least 4 members (excludes halogenated alkanes) is 2. The van der Waals surface area contributed by atoms with Gasteiger partial charge in [-0.25, -0.2) is 0 Å². The number of ketones is 2. The maximum atomic E-state index is 13.5. The molecule has 6 heteroatoms. The highest BCUT2D eigenvalue weighted by Crippen LogP contribution is 2.48. The molecule has 0 bridgehead atoms. The fourth-order valence-corrected chi connectivity index (χ4v) is 5.60. The van der Waals surface area contributed by atoms with Crippen LogP contribution in [0.5, 0.6) is 11.5 Å². The summed E-state index contributed by atoms with van der Waals surface area (Å²) in [6.07, 6.45) is 8.49. The van der Waals surface area contributed by atoms with Gasteiger partial charge in [0, 0.05) is 11.4 Å². The number of benzene rings is 2. The van der Waals surface area contributed by atoms with Gasteiger partial charge in [0.2, 0.25) is 11.6 Å². The summed E-state index contributed by atoms with van der Waals surface area (Å²) in [5.74, 6) is -0.718. The van der Waals surface area contributed by atoms with Gasteiger partial charge in [0.1, 0.15) is 11.5 Å². The average molecular weight is 451 g/mol. The van der Waals surface area contributed by atoms with E-state index in [0.29, 0.717) is 23.5 Å². The zero-order valence-corrected chi connectivity index (χ0v) is 19.5. The van der Waals surface area contributed by atoms with E-state index in [1.165, 1.54) is 0 Å². The highest BCUT2D eigenvalue weighted by molar-refractivity contribution is 6.33. The van der Waals surface area contributed by atoms with Crippen LogP contribution < -0.4 is 11.5 Å². The van der Waals surface area contributed by atoms with Crippen LogP contribution in [-0.2, 0) is 6.42 Å². The molecule has 4 rings (SSSR count). The Bertz CT molecular complexity index is 1110. The Morgan fingerprint density at radius 1 is 0.818 bits per heavy atom. The van der Waals surface area contributed by atoms with Crippen molar-refractivity contribution in [1.29, 1.82) is 0 Å². The number of anilines is 2. The lowest BCUT2D eigenvalue weighted by molar-refractivity contribution is 0.0975. The number of hydrogen-bond acceptors (Lipinski definition) is 6. The molecular weight excluding hydrogens is 416 g/mol. The van der Waals surface area contributed by atoms with E-state index >= 15 is 0 Å². The van der Waals surface area contributed by atoms with Crippen LogP contribution in [0.3, 0.4) is 0 Å². The van der Waals surface area contributed by atoms with Crippen molar-refractivity contribution in [3.05, 3.63) is 45.5 Å². The molecule has 0 heterocycles. The number of phenolic OH excluding ortho intramolecular Hbond substituents is 2. The molecule has 176 valence electrons. The number of fused-ring (bicyclic) bond motifs is 2. The van der Waals surface area contributed by atoms with Crippen LogP contribution in [0.4, 0.5) is 11.4 Å². The van der Waals surface area contributed by atoms with Crippen LogP contribution in [0.25, 0.3) is 0 Å². The lowest BCUT2D eigenvalue weighted by Gasteiger charge is -2.30. The summed E-state index contributed by atoms with van der Waals surface area (Å²) in [4.78, 5) is 27.0. The van der Waals surface area contributed by atoms with E-state index in [4.69, 9.17) is 11.5 Å². The molecule has 2 aromatic carbocycles. The monoisotopic (exact) mass is 450 g/mol. The third kappa shape index (κ3) is 3.85. The molecule has 6 N–H and O–H groups in total. The normalized spacial score (nSPS) is 19.9. The first kappa shape index (κ1) is 23.1. The fraction of sp³-hybridized carbons (Fsp3) is 0.481. The molecule has 33 heavy (non-hydrogen) atoms. The molecule has 0 saturated heterocycles. The number of rotatable bonds is 6. The molecule has 0 radical (unpaired) electrons. The summed E-state index contributed by atoms with van der Waals surface area (Å²) >= 11 is 0. The molecule has 0 amide bonds. The topological polar surface area (TPSA) is 127 Å². The third-order valence-electron chi connectivity index (χ3n) is 7.59. The van der Waals surface area contributed by atoms with Gasteiger partial charge >= 0.3 is 0 Å². The van der Waals surface area contributed by atoms with E-state index in [1.807, 2.05) is 0 Å². The van der Waals surface area contributed by atoms with E-state index < -0.39 is 11.6 Å². The molecule has 2 aliphatic rings. The second-order valence-corrected chi connectivity index (χ2v) is 9.62. The Morgan fingerprint density at radius 2 is 1.39 bits per heavy atom. The van der Waals surface area contributed by atoms with Gasteiger partial charge in [-0.05, 0) is 73.6 Å². The summed E-state index contributed by atoms with van der Waals surface area (Å²) in [5.41, 5.74) is 13.8. The standard InChI is InChI=1S/C27H34N2O4/c1-3-5-6-7-16-12-18(28)20-22(24(16)30)26(32)21-19(29)13-17(25(31)23(21)27(20)33)15-10-8-14(4-2)9-11-15/h12-15,30-31H,3-11,28-29H2,1-2H3/t14-,15-. The second-order valence-electron chi connectivity index (χ2n) is 9.62. The van der Waals surface area contributed by atoms with Gasteiger partial charge in [-0.3, -0.25) is 9.59 Å². The Kier molecular flexibility index (Phi) is 6.37. The summed E-state index contributed by atoms with van der Waals surface area (Å²) in [7, 11) is 0. The molecule has 2 aliphatic carbocycles. The van der Waals surface area contributed by atoms with Crippen molar-refractivity contribution in [3.63, 3.8) is 0 Å². The molecular formula is C27H34N2O4. The predicted molar refractivity (Wildman–Crippen MR) is 130 cm³/mol. The van der Waals surface area contributed by atoms with E-state index in [-0.39, 0.29) is 51.0 Å². The Hall–Kier alpha value is -3.02. The van der Waals surface area contributed by atoms with E-state index in [9.17, 15) is 19.8 Å². The minimum absolute atomic E-state index is 0.0311. The summed E-state index contributed by atoms with van der Waals surface area (Å²) in [5, 5.41) is 22.1.